The molecule has 3 aromatic rings. The summed E-state index contributed by atoms with van der Waals surface area (Å²) in [5.41, 5.74) is 3.32. The monoisotopic (exact) mass is 466 g/mol. The SMILES string of the molecule is CCO[C@@H](c1ccccc1)[C@]1(CCc2ccc(F)s2)CCN(C(C)(C)c2ccc(C)nc2)C1. The second-order valence-electron chi connectivity index (χ2n) is 9.73. The largest absolute Gasteiger partial charge is 0.373 e. The normalized spacial score (nSPS) is 20.3. The van der Waals surface area contributed by atoms with Crippen molar-refractivity contribution in [3.8, 4) is 0 Å². The summed E-state index contributed by atoms with van der Waals surface area (Å²) in [6, 6.07) is 18.4. The van der Waals surface area contributed by atoms with Crippen molar-refractivity contribution < 1.29 is 9.13 Å². The van der Waals surface area contributed by atoms with Crippen molar-refractivity contribution >= 4 is 11.3 Å². The van der Waals surface area contributed by atoms with Gasteiger partial charge in [-0.1, -0.05) is 36.4 Å². The molecule has 4 rings (SSSR count). The molecule has 5 heteroatoms. The molecule has 0 aliphatic carbocycles. The molecule has 176 valence electrons. The third-order valence-electron chi connectivity index (χ3n) is 7.28. The van der Waals surface area contributed by atoms with E-state index in [0.29, 0.717) is 6.61 Å². The lowest BCUT2D eigenvalue weighted by Crippen LogP contribution is -2.43. The predicted octanol–water partition coefficient (Wildman–Crippen LogP) is 6.93. The fourth-order valence-electron chi connectivity index (χ4n) is 5.21. The zero-order chi connectivity index (χ0) is 23.5. The van der Waals surface area contributed by atoms with Gasteiger partial charge in [-0.2, -0.15) is 4.39 Å². The van der Waals surface area contributed by atoms with Crippen LogP contribution in [0.25, 0.3) is 0 Å². The lowest BCUT2D eigenvalue weighted by molar-refractivity contribution is -0.0435. The Kier molecular flexibility index (Phi) is 7.32. The van der Waals surface area contributed by atoms with Crippen molar-refractivity contribution in [3.63, 3.8) is 0 Å². The first-order valence-electron chi connectivity index (χ1n) is 11.9. The van der Waals surface area contributed by atoms with Crippen molar-refractivity contribution in [2.45, 2.75) is 58.6 Å². The number of ether oxygens (including phenoxy) is 1. The maximum absolute atomic E-state index is 13.7. The Bertz CT molecular complexity index is 1030. The molecule has 2 aromatic heterocycles. The highest BCUT2D eigenvalue weighted by atomic mass is 32.1. The number of aryl methyl sites for hydroxylation is 2. The molecular weight excluding hydrogens is 431 g/mol. The maximum Gasteiger partial charge on any atom is 0.176 e. The van der Waals surface area contributed by atoms with E-state index in [1.807, 2.05) is 19.2 Å². The lowest BCUT2D eigenvalue weighted by atomic mass is 9.74. The van der Waals surface area contributed by atoms with E-state index in [1.54, 1.807) is 6.07 Å². The summed E-state index contributed by atoms with van der Waals surface area (Å²) in [7, 11) is 0. The lowest BCUT2D eigenvalue weighted by Gasteiger charge is -2.41. The Labute approximate surface area is 201 Å². The highest BCUT2D eigenvalue weighted by molar-refractivity contribution is 7.10. The first kappa shape index (κ1) is 24.1. The van der Waals surface area contributed by atoms with E-state index in [4.69, 9.17) is 4.74 Å². The van der Waals surface area contributed by atoms with E-state index in [-0.39, 0.29) is 22.2 Å². The molecule has 0 saturated carbocycles. The van der Waals surface area contributed by atoms with Gasteiger partial charge in [0, 0.05) is 40.9 Å². The van der Waals surface area contributed by atoms with Crippen LogP contribution in [0, 0.1) is 17.5 Å². The van der Waals surface area contributed by atoms with Gasteiger partial charge in [-0.15, -0.1) is 11.3 Å². The van der Waals surface area contributed by atoms with E-state index in [9.17, 15) is 4.39 Å². The molecular formula is C28H35FN2OS. The third-order valence-corrected chi connectivity index (χ3v) is 8.22. The molecule has 33 heavy (non-hydrogen) atoms. The van der Waals surface area contributed by atoms with Crippen LogP contribution in [0.5, 0.6) is 0 Å². The van der Waals surface area contributed by atoms with Crippen molar-refractivity contribution in [3.05, 3.63) is 87.6 Å². The van der Waals surface area contributed by atoms with Crippen LogP contribution in [0.3, 0.4) is 0 Å². The molecule has 0 spiro atoms. The first-order valence-corrected chi connectivity index (χ1v) is 12.7. The Morgan fingerprint density at radius 1 is 1.15 bits per heavy atom. The minimum Gasteiger partial charge on any atom is -0.373 e. The summed E-state index contributed by atoms with van der Waals surface area (Å²) in [5.74, 6) is 0. The Balaban J connectivity index is 1.66. The molecule has 0 unspecified atom stereocenters. The van der Waals surface area contributed by atoms with Crippen molar-refractivity contribution in [1.82, 2.24) is 9.88 Å². The molecule has 0 radical (unpaired) electrons. The van der Waals surface area contributed by atoms with Crippen molar-refractivity contribution in [2.75, 3.05) is 19.7 Å². The standard InChI is InChI=1S/C28H35FN2OS/c1-5-32-26(22-9-7-6-8-10-22)28(16-15-24-13-14-25(29)33-24)17-18-31(20-28)27(3,4)23-12-11-21(2)30-19-23/h6-14,19,26H,5,15-18,20H2,1-4H3/t26-,28+/m0/s1. The van der Waals surface area contributed by atoms with Gasteiger partial charge in [-0.05, 0) is 82.8 Å². The van der Waals surface area contributed by atoms with Crippen LogP contribution in [0.15, 0.2) is 60.8 Å². The number of hydrogen-bond acceptors (Lipinski definition) is 4. The summed E-state index contributed by atoms with van der Waals surface area (Å²) >= 11 is 1.27. The van der Waals surface area contributed by atoms with Gasteiger partial charge in [0.05, 0.1) is 6.10 Å². The number of thiophene rings is 1. The molecule has 3 heterocycles. The first-order chi connectivity index (χ1) is 15.8. The van der Waals surface area contributed by atoms with Crippen LogP contribution in [0.2, 0.25) is 0 Å². The van der Waals surface area contributed by atoms with Crippen LogP contribution >= 0.6 is 11.3 Å². The van der Waals surface area contributed by atoms with Gasteiger partial charge in [0.1, 0.15) is 0 Å². The molecule has 1 aliphatic rings. The summed E-state index contributed by atoms with van der Waals surface area (Å²) < 4.78 is 20.2. The number of hydrogen-bond donors (Lipinski definition) is 0. The molecule has 3 nitrogen and oxygen atoms in total. The molecule has 2 atom stereocenters. The molecule has 1 aromatic carbocycles. The van der Waals surface area contributed by atoms with E-state index < -0.39 is 0 Å². The Hall–Kier alpha value is -2.08. The zero-order valence-electron chi connectivity index (χ0n) is 20.2. The number of likely N-dealkylation sites (tertiary alicyclic amines) is 1. The van der Waals surface area contributed by atoms with E-state index >= 15 is 0 Å². The minimum atomic E-state index is -0.134. The van der Waals surface area contributed by atoms with Gasteiger partial charge in [-0.25, -0.2) is 0 Å². The summed E-state index contributed by atoms with van der Waals surface area (Å²) in [6.45, 7) is 11.3. The quantitative estimate of drug-likeness (QED) is 0.342. The maximum atomic E-state index is 13.7. The highest BCUT2D eigenvalue weighted by Gasteiger charge is 2.48. The average molecular weight is 467 g/mol. The fraction of sp³-hybridized carbons (Fsp3) is 0.464. The molecule has 0 bridgehead atoms. The van der Waals surface area contributed by atoms with Gasteiger partial charge in [0.2, 0.25) is 0 Å². The van der Waals surface area contributed by atoms with Gasteiger partial charge in [0.25, 0.3) is 0 Å². The van der Waals surface area contributed by atoms with Gasteiger partial charge in [-0.3, -0.25) is 9.88 Å². The smallest absolute Gasteiger partial charge is 0.176 e. The predicted molar refractivity (Wildman–Crippen MR) is 134 cm³/mol. The Morgan fingerprint density at radius 2 is 1.94 bits per heavy atom. The second kappa shape index (κ2) is 10.0. The van der Waals surface area contributed by atoms with Gasteiger partial charge in [0.15, 0.2) is 5.13 Å². The Morgan fingerprint density at radius 3 is 2.58 bits per heavy atom. The number of rotatable bonds is 9. The molecule has 1 aliphatic heterocycles. The van der Waals surface area contributed by atoms with Gasteiger partial charge >= 0.3 is 0 Å². The molecule has 1 fully saturated rings. The minimum absolute atomic E-state index is 0.00505. The van der Waals surface area contributed by atoms with Crippen LogP contribution in [-0.4, -0.2) is 29.6 Å². The number of halogens is 1. The van der Waals surface area contributed by atoms with Gasteiger partial charge < -0.3 is 4.74 Å². The number of aromatic nitrogens is 1. The zero-order valence-corrected chi connectivity index (χ0v) is 21.0. The van der Waals surface area contributed by atoms with Crippen molar-refractivity contribution in [1.29, 1.82) is 0 Å². The summed E-state index contributed by atoms with van der Waals surface area (Å²) in [5, 5.41) is -0.107. The summed E-state index contributed by atoms with van der Waals surface area (Å²) in [6.07, 6.45) is 4.89. The van der Waals surface area contributed by atoms with Crippen LogP contribution in [0.1, 0.15) is 61.4 Å². The van der Waals surface area contributed by atoms with Crippen LogP contribution in [-0.2, 0) is 16.7 Å². The van der Waals surface area contributed by atoms with Crippen LogP contribution in [0.4, 0.5) is 4.39 Å². The number of benzene rings is 1. The molecule has 1 saturated heterocycles. The molecule has 0 N–H and O–H groups in total. The molecule has 0 amide bonds. The number of nitrogens with zero attached hydrogens (tertiary/aromatic N) is 2. The third kappa shape index (κ3) is 5.21. The second-order valence-corrected chi connectivity index (χ2v) is 10.9. The van der Waals surface area contributed by atoms with Crippen LogP contribution < -0.4 is 0 Å². The topological polar surface area (TPSA) is 25.4 Å². The van der Waals surface area contributed by atoms with E-state index in [0.717, 1.165) is 42.9 Å². The van der Waals surface area contributed by atoms with Crippen molar-refractivity contribution in [2.24, 2.45) is 5.41 Å². The highest BCUT2D eigenvalue weighted by Crippen LogP contribution is 2.50. The fourth-order valence-corrected chi connectivity index (χ4v) is 5.94. The average Bonchev–Trinajstić information content (AvgIpc) is 3.44. The van der Waals surface area contributed by atoms with E-state index in [2.05, 4.69) is 73.1 Å². The van der Waals surface area contributed by atoms with E-state index in [1.165, 1.54) is 22.5 Å². The number of pyridine rings is 1. The summed E-state index contributed by atoms with van der Waals surface area (Å²) in [4.78, 5) is 8.25.